The van der Waals surface area contributed by atoms with Gasteiger partial charge in [-0.2, -0.15) is 0 Å². The van der Waals surface area contributed by atoms with E-state index in [1.807, 2.05) is 0 Å². The molecule has 0 bridgehead atoms. The number of hydrogen-bond donors (Lipinski definition) is 13. The number of unbranched alkanes of at least 4 members (excludes halogenated alkanes) is 1. The molecular formula is C62H67N11O20S. The number of likely N-dealkylation sites (tertiary alicyclic amines) is 1. The molecule has 8 rings (SSSR count). The number of rotatable bonds is 27. The van der Waals surface area contributed by atoms with Crippen LogP contribution in [0.5, 0.6) is 28.7 Å². The number of benzene rings is 5. The van der Waals surface area contributed by atoms with Crippen LogP contribution in [0.25, 0.3) is 0 Å². The summed E-state index contributed by atoms with van der Waals surface area (Å²) in [7, 11) is 0. The van der Waals surface area contributed by atoms with Crippen LogP contribution in [0.15, 0.2) is 97.1 Å². The molecule has 3 aliphatic rings. The number of anilines is 2. The minimum Gasteiger partial charge on any atom is -0.508 e. The minimum absolute atomic E-state index is 0.00482. The molecule has 0 radical (unpaired) electrons. The highest BCUT2D eigenvalue weighted by atomic mass is 32.1. The van der Waals surface area contributed by atoms with Crippen molar-refractivity contribution in [1.29, 1.82) is 0 Å². The summed E-state index contributed by atoms with van der Waals surface area (Å²) in [4.78, 5) is 143. The number of ether oxygens (including phenoxy) is 2. The number of aliphatic carboxylic acids is 2. The fraction of sp³-hybridized carbons (Fsp3) is 0.355. The topological polar surface area (TPSA) is 459 Å². The normalized spacial score (nSPS) is 15.9. The molecule has 0 saturated carbocycles. The number of carboxylic acids is 2. The number of phenols is 3. The lowest BCUT2D eigenvalue weighted by Crippen LogP contribution is -2.60. The summed E-state index contributed by atoms with van der Waals surface area (Å²) in [5.74, 6) is -9.66. The van der Waals surface area contributed by atoms with Crippen LogP contribution in [0.4, 0.5) is 22.7 Å². The van der Waals surface area contributed by atoms with Crippen molar-refractivity contribution < 1.29 is 88.0 Å². The molecule has 32 heteroatoms. The molecule has 0 aromatic heterocycles. The van der Waals surface area contributed by atoms with E-state index >= 15 is 0 Å². The van der Waals surface area contributed by atoms with E-state index < -0.39 is 135 Å². The number of carbonyl (C=O) groups is 9. The molecule has 13 N–H and O–H groups in total. The quantitative estimate of drug-likeness (QED) is 0.0116. The monoisotopic (exact) mass is 1320 g/mol. The minimum atomic E-state index is -1.82. The summed E-state index contributed by atoms with van der Waals surface area (Å²) in [6.07, 6.45) is -0.287. The first-order chi connectivity index (χ1) is 44.5. The Bertz CT molecular complexity index is 3800. The van der Waals surface area contributed by atoms with E-state index in [0.717, 1.165) is 17.0 Å². The van der Waals surface area contributed by atoms with Crippen LogP contribution < -0.4 is 47.3 Å². The van der Waals surface area contributed by atoms with Crippen molar-refractivity contribution in [2.75, 3.05) is 23.7 Å². The van der Waals surface area contributed by atoms with Gasteiger partial charge in [0.15, 0.2) is 10.7 Å². The van der Waals surface area contributed by atoms with Crippen LogP contribution in [0, 0.1) is 26.1 Å². The first-order valence-corrected chi connectivity index (χ1v) is 30.0. The number of hydrogen-bond acceptors (Lipinski definition) is 20. The maximum absolute atomic E-state index is 14.4. The van der Waals surface area contributed by atoms with Crippen molar-refractivity contribution in [2.24, 2.45) is 5.92 Å². The average molecular weight is 1320 g/mol. The van der Waals surface area contributed by atoms with Gasteiger partial charge in [-0.25, -0.2) is 9.59 Å². The molecule has 496 valence electrons. The highest BCUT2D eigenvalue weighted by Crippen LogP contribution is 2.57. The van der Waals surface area contributed by atoms with Gasteiger partial charge < -0.3 is 82.4 Å². The molecule has 5 aromatic rings. The van der Waals surface area contributed by atoms with E-state index in [-0.39, 0.29) is 96.0 Å². The lowest BCUT2D eigenvalue weighted by Gasteiger charge is -2.36. The summed E-state index contributed by atoms with van der Waals surface area (Å²) < 4.78 is 12.2. The van der Waals surface area contributed by atoms with Crippen molar-refractivity contribution in [2.45, 2.75) is 121 Å². The Labute approximate surface area is 540 Å². The smallest absolute Gasteiger partial charge is 0.340 e. The molecule has 1 spiro atoms. The first-order valence-electron chi connectivity index (χ1n) is 29.6. The molecule has 94 heavy (non-hydrogen) atoms. The number of nitrogens with one attached hydrogen (secondary N) is 8. The van der Waals surface area contributed by atoms with Crippen LogP contribution in [-0.2, 0) is 55.1 Å². The number of non-ortho nitro benzene ring substituents is 1. The Morgan fingerprint density at radius 1 is 0.681 bits per heavy atom. The second-order valence-electron chi connectivity index (χ2n) is 22.9. The zero-order valence-electron chi connectivity index (χ0n) is 50.8. The zero-order chi connectivity index (χ0) is 68.5. The first kappa shape index (κ1) is 68.7. The number of thiocarbonyl (C=S) groups is 1. The molecule has 0 unspecified atom stereocenters. The number of nitro benzene ring substituents is 2. The number of aromatic hydroxyl groups is 3. The van der Waals surface area contributed by atoms with Gasteiger partial charge in [-0.05, 0) is 124 Å². The van der Waals surface area contributed by atoms with Crippen LogP contribution in [0.3, 0.4) is 0 Å². The van der Waals surface area contributed by atoms with Crippen LogP contribution in [0.1, 0.15) is 98.8 Å². The predicted molar refractivity (Wildman–Crippen MR) is 336 cm³/mol. The van der Waals surface area contributed by atoms with Gasteiger partial charge in [0.05, 0.1) is 27.9 Å². The standard InChI is InChI=1S/C62H67N11O20S/c1-30(2)52(70-55(81)45(24-33-10-14-36(74)15-11-33)69-61(94)66-34-12-18-40-39(25-34)60(87)93-62(40)41-19-16-37(75)27-49(41)92-50-28-38(76)17-20-42(50)62)57(83)64-31(3)53(79)68-46(29-51(77)78)54(80)65-32(4)58(84)71-23-7-9-47(71)56(82)67-44(59(85)86)8-5-6-22-63-43-21-13-35(72(88)89)26-48(43)73(90)91/h10-21,25-28,30-32,44-47,52,63,74-76H,5-9,22-24,29H2,1-4H3,(H,64,83)(H,65,80)(H,67,82)(H,68,79)(H,70,81)(H,77,78)(H,85,86)(H2,66,69,94)/t31-,32-,44-,45-,46-,47-,52-/m0/s1. The van der Waals surface area contributed by atoms with Crippen molar-refractivity contribution in [1.82, 2.24) is 36.8 Å². The molecule has 3 heterocycles. The van der Waals surface area contributed by atoms with E-state index in [9.17, 15) is 88.9 Å². The molecule has 7 atom stereocenters. The Kier molecular flexibility index (Phi) is 21.5. The number of amides is 6. The van der Waals surface area contributed by atoms with Gasteiger partial charge in [0.25, 0.3) is 11.4 Å². The molecule has 6 amide bonds. The van der Waals surface area contributed by atoms with Gasteiger partial charge in [0, 0.05) is 60.1 Å². The van der Waals surface area contributed by atoms with Gasteiger partial charge in [-0.1, -0.05) is 32.0 Å². The second-order valence-corrected chi connectivity index (χ2v) is 23.3. The fourth-order valence-electron chi connectivity index (χ4n) is 11.1. The van der Waals surface area contributed by atoms with Crippen LogP contribution >= 0.6 is 12.2 Å². The van der Waals surface area contributed by atoms with Crippen LogP contribution in [-0.4, -0.2) is 154 Å². The van der Waals surface area contributed by atoms with E-state index in [4.69, 9.17) is 21.7 Å². The number of carbonyl (C=O) groups excluding carboxylic acids is 7. The number of esters is 1. The number of fused-ring (bicyclic) bond motifs is 6. The van der Waals surface area contributed by atoms with E-state index in [1.54, 1.807) is 50.2 Å². The highest BCUT2D eigenvalue weighted by molar-refractivity contribution is 7.80. The number of carboxylic acid groups (broad SMARTS) is 2. The summed E-state index contributed by atoms with van der Waals surface area (Å²) in [5.41, 5.74) is -0.409. The fourth-order valence-corrected chi connectivity index (χ4v) is 11.4. The van der Waals surface area contributed by atoms with Crippen molar-refractivity contribution >= 4 is 93.4 Å². The number of nitrogens with zero attached hydrogens (tertiary/aromatic N) is 3. The van der Waals surface area contributed by atoms with Gasteiger partial charge in [-0.3, -0.25) is 53.8 Å². The molecule has 1 fully saturated rings. The third kappa shape index (κ3) is 15.9. The van der Waals surface area contributed by atoms with Gasteiger partial charge in [0.2, 0.25) is 35.4 Å². The van der Waals surface area contributed by atoms with Crippen molar-refractivity contribution in [3.63, 3.8) is 0 Å². The largest absolute Gasteiger partial charge is 0.508 e. The van der Waals surface area contributed by atoms with Gasteiger partial charge in [-0.15, -0.1) is 0 Å². The summed E-state index contributed by atoms with van der Waals surface area (Å²) in [6.45, 7) is 5.82. The second kappa shape index (κ2) is 29.4. The Morgan fingerprint density at radius 2 is 1.31 bits per heavy atom. The SMILES string of the molecule is CC(C)[C@H](NC(=O)[C@H](Cc1ccc(O)cc1)NC(=S)Nc1ccc2c(c1)C(=O)OC21c2ccc(O)cc2Oc2cc(O)ccc21)C(=O)N[C@@H](C)C(=O)N[C@@H](CC(=O)O)C(=O)N[C@@H](C)C(=O)N1CCC[C@H]1C(=O)N[C@@H](CCCCNc1ccc([N+](=O)[O-])cc1[N+](=O)[O-])C(=O)O. The van der Waals surface area contributed by atoms with Crippen molar-refractivity contribution in [3.05, 3.63) is 145 Å². The molecule has 5 aromatic carbocycles. The Hall–Kier alpha value is -11.2. The van der Waals surface area contributed by atoms with Crippen LogP contribution in [0.2, 0.25) is 0 Å². The van der Waals surface area contributed by atoms with Gasteiger partial charge in [0.1, 0.15) is 76.7 Å². The molecule has 1 saturated heterocycles. The average Bonchev–Trinajstić information content (AvgIpc) is 1.47. The summed E-state index contributed by atoms with van der Waals surface area (Å²) >= 11 is 5.70. The predicted octanol–water partition coefficient (Wildman–Crippen LogP) is 4.04. The Morgan fingerprint density at radius 3 is 1.93 bits per heavy atom. The lowest BCUT2D eigenvalue weighted by molar-refractivity contribution is -0.393. The van der Waals surface area contributed by atoms with E-state index in [1.165, 1.54) is 62.4 Å². The molecule has 31 nitrogen and oxygen atoms in total. The maximum Gasteiger partial charge on any atom is 0.340 e. The van der Waals surface area contributed by atoms with Crippen molar-refractivity contribution in [3.8, 4) is 28.7 Å². The Balaban J connectivity index is 0.863. The van der Waals surface area contributed by atoms with E-state index in [0.29, 0.717) is 28.7 Å². The number of nitro groups is 2. The third-order valence-corrected chi connectivity index (χ3v) is 16.1. The zero-order valence-corrected chi connectivity index (χ0v) is 51.6. The molecular weight excluding hydrogens is 1250 g/mol. The third-order valence-electron chi connectivity index (χ3n) is 15.8. The lowest BCUT2D eigenvalue weighted by atomic mass is 9.77. The van der Waals surface area contributed by atoms with Gasteiger partial charge >= 0.3 is 17.9 Å². The number of phenolic OH excluding ortho intramolecular Hbond substituents is 3. The molecule has 0 aliphatic carbocycles. The molecule has 3 aliphatic heterocycles. The maximum atomic E-state index is 14.4. The summed E-state index contributed by atoms with van der Waals surface area (Å²) in [6, 6.07) is 12.5. The highest BCUT2D eigenvalue weighted by Gasteiger charge is 2.54. The van der Waals surface area contributed by atoms with E-state index in [2.05, 4.69) is 42.5 Å². The summed E-state index contributed by atoms with van der Waals surface area (Å²) in [5, 5.41) is 93.9.